The second-order valence-corrected chi connectivity index (χ2v) is 4.68. The summed E-state index contributed by atoms with van der Waals surface area (Å²) in [6.45, 7) is 5.64. The fourth-order valence-corrected chi connectivity index (χ4v) is 1.98. The molecule has 0 bridgehead atoms. The Kier molecular flexibility index (Phi) is 2.94. The van der Waals surface area contributed by atoms with E-state index in [4.69, 9.17) is 5.73 Å². The van der Waals surface area contributed by atoms with Crippen LogP contribution in [-0.4, -0.2) is 6.54 Å². The molecule has 1 aliphatic carbocycles. The number of hydrogen-bond donors (Lipinski definition) is 1. The SMILES string of the molecule is CC1(C)CCC(CCN)CC1. The van der Waals surface area contributed by atoms with Crippen LogP contribution in [0, 0.1) is 11.3 Å². The molecule has 0 saturated heterocycles. The van der Waals surface area contributed by atoms with Gasteiger partial charge < -0.3 is 5.73 Å². The van der Waals surface area contributed by atoms with Crippen LogP contribution in [0.1, 0.15) is 46.0 Å². The Labute approximate surface area is 70.4 Å². The summed E-state index contributed by atoms with van der Waals surface area (Å²) >= 11 is 0. The number of rotatable bonds is 2. The number of nitrogens with two attached hydrogens (primary N) is 1. The molecule has 2 N–H and O–H groups in total. The second kappa shape index (κ2) is 3.57. The van der Waals surface area contributed by atoms with E-state index in [1.165, 1.54) is 32.1 Å². The van der Waals surface area contributed by atoms with Crippen molar-refractivity contribution in [1.82, 2.24) is 0 Å². The summed E-state index contributed by atoms with van der Waals surface area (Å²) in [4.78, 5) is 0. The molecule has 0 amide bonds. The molecular formula is C10H21N. The Balaban J connectivity index is 2.25. The first-order valence-electron chi connectivity index (χ1n) is 4.84. The summed E-state index contributed by atoms with van der Waals surface area (Å²) in [6, 6.07) is 0. The lowest BCUT2D eigenvalue weighted by atomic mass is 9.72. The Bertz CT molecular complexity index is 108. The van der Waals surface area contributed by atoms with Crippen LogP contribution in [-0.2, 0) is 0 Å². The lowest BCUT2D eigenvalue weighted by molar-refractivity contribution is 0.186. The fraction of sp³-hybridized carbons (Fsp3) is 1.00. The van der Waals surface area contributed by atoms with Gasteiger partial charge >= 0.3 is 0 Å². The van der Waals surface area contributed by atoms with Crippen molar-refractivity contribution in [2.75, 3.05) is 6.54 Å². The van der Waals surface area contributed by atoms with Gasteiger partial charge in [-0.2, -0.15) is 0 Å². The van der Waals surface area contributed by atoms with Crippen LogP contribution in [0.3, 0.4) is 0 Å². The van der Waals surface area contributed by atoms with Crippen molar-refractivity contribution in [3.63, 3.8) is 0 Å². The molecule has 0 aliphatic heterocycles. The van der Waals surface area contributed by atoms with Crippen LogP contribution in [0.4, 0.5) is 0 Å². The first kappa shape index (κ1) is 9.05. The predicted octanol–water partition coefficient (Wildman–Crippen LogP) is 2.55. The largest absolute Gasteiger partial charge is 0.330 e. The third-order valence-corrected chi connectivity index (χ3v) is 3.03. The maximum Gasteiger partial charge on any atom is -0.00746 e. The second-order valence-electron chi connectivity index (χ2n) is 4.68. The van der Waals surface area contributed by atoms with Gasteiger partial charge in [0.2, 0.25) is 0 Å². The summed E-state index contributed by atoms with van der Waals surface area (Å²) in [6.07, 6.45) is 6.86. The zero-order chi connectivity index (χ0) is 8.32. The molecule has 1 fully saturated rings. The van der Waals surface area contributed by atoms with Crippen LogP contribution in [0.25, 0.3) is 0 Å². The van der Waals surface area contributed by atoms with Gasteiger partial charge in [-0.3, -0.25) is 0 Å². The molecule has 0 atom stereocenters. The van der Waals surface area contributed by atoms with Crippen molar-refractivity contribution in [3.8, 4) is 0 Å². The molecule has 1 heteroatoms. The molecule has 0 aromatic rings. The molecule has 0 spiro atoms. The lowest BCUT2D eigenvalue weighted by Gasteiger charge is -2.34. The molecule has 0 radical (unpaired) electrons. The summed E-state index contributed by atoms with van der Waals surface area (Å²) in [5.41, 5.74) is 6.14. The standard InChI is InChI=1S/C10H21N/c1-10(2)6-3-9(4-7-10)5-8-11/h9H,3-8,11H2,1-2H3. The van der Waals surface area contributed by atoms with Crippen molar-refractivity contribution in [2.24, 2.45) is 17.1 Å². The van der Waals surface area contributed by atoms with Crippen molar-refractivity contribution in [3.05, 3.63) is 0 Å². The topological polar surface area (TPSA) is 26.0 Å². The highest BCUT2D eigenvalue weighted by Crippen LogP contribution is 2.38. The molecule has 1 nitrogen and oxygen atoms in total. The van der Waals surface area contributed by atoms with Crippen molar-refractivity contribution in [1.29, 1.82) is 0 Å². The Hall–Kier alpha value is -0.0400. The van der Waals surface area contributed by atoms with Gasteiger partial charge in [-0.15, -0.1) is 0 Å². The summed E-state index contributed by atoms with van der Waals surface area (Å²) in [5.74, 6) is 0.938. The maximum atomic E-state index is 5.53. The van der Waals surface area contributed by atoms with Crippen LogP contribution >= 0.6 is 0 Å². The lowest BCUT2D eigenvalue weighted by Crippen LogP contribution is -2.22. The summed E-state index contributed by atoms with van der Waals surface area (Å²) < 4.78 is 0. The van der Waals surface area contributed by atoms with Crippen LogP contribution < -0.4 is 5.73 Å². The van der Waals surface area contributed by atoms with Gasteiger partial charge in [-0.1, -0.05) is 13.8 Å². The van der Waals surface area contributed by atoms with Gasteiger partial charge in [-0.25, -0.2) is 0 Å². The Morgan fingerprint density at radius 3 is 2.27 bits per heavy atom. The zero-order valence-electron chi connectivity index (χ0n) is 7.90. The van der Waals surface area contributed by atoms with Crippen molar-refractivity contribution >= 4 is 0 Å². The highest BCUT2D eigenvalue weighted by Gasteiger charge is 2.25. The van der Waals surface area contributed by atoms with E-state index in [-0.39, 0.29) is 0 Å². The Morgan fingerprint density at radius 2 is 1.82 bits per heavy atom. The van der Waals surface area contributed by atoms with Crippen molar-refractivity contribution in [2.45, 2.75) is 46.0 Å². The molecule has 0 aromatic carbocycles. The van der Waals surface area contributed by atoms with Gasteiger partial charge in [0.15, 0.2) is 0 Å². The van der Waals surface area contributed by atoms with Gasteiger partial charge in [-0.05, 0) is 50.0 Å². The third-order valence-electron chi connectivity index (χ3n) is 3.03. The van der Waals surface area contributed by atoms with Crippen LogP contribution in [0.5, 0.6) is 0 Å². The van der Waals surface area contributed by atoms with Gasteiger partial charge in [0.05, 0.1) is 0 Å². The van der Waals surface area contributed by atoms with Crippen LogP contribution in [0.15, 0.2) is 0 Å². The highest BCUT2D eigenvalue weighted by molar-refractivity contribution is 4.78. The highest BCUT2D eigenvalue weighted by atomic mass is 14.5. The smallest absolute Gasteiger partial charge is 0.00746 e. The molecule has 0 heterocycles. The summed E-state index contributed by atoms with van der Waals surface area (Å²) in [7, 11) is 0. The molecule has 0 unspecified atom stereocenters. The van der Waals surface area contributed by atoms with E-state index >= 15 is 0 Å². The quantitative estimate of drug-likeness (QED) is 0.651. The monoisotopic (exact) mass is 155 g/mol. The first-order valence-corrected chi connectivity index (χ1v) is 4.84. The van der Waals surface area contributed by atoms with E-state index in [1.54, 1.807) is 0 Å². The van der Waals surface area contributed by atoms with Crippen molar-refractivity contribution < 1.29 is 0 Å². The van der Waals surface area contributed by atoms with E-state index in [2.05, 4.69) is 13.8 Å². The predicted molar refractivity (Wildman–Crippen MR) is 49.4 cm³/mol. The summed E-state index contributed by atoms with van der Waals surface area (Å²) in [5, 5.41) is 0. The van der Waals surface area contributed by atoms with Gasteiger partial charge in [0.1, 0.15) is 0 Å². The average Bonchev–Trinajstić information content (AvgIpc) is 1.94. The number of hydrogen-bond acceptors (Lipinski definition) is 1. The normalized spacial score (nSPS) is 25.4. The molecule has 1 aliphatic rings. The van der Waals surface area contributed by atoms with E-state index in [0.717, 1.165) is 12.5 Å². The molecule has 66 valence electrons. The van der Waals surface area contributed by atoms with E-state index < -0.39 is 0 Å². The molecule has 0 aromatic heterocycles. The van der Waals surface area contributed by atoms with E-state index in [1.807, 2.05) is 0 Å². The minimum absolute atomic E-state index is 0.616. The first-order chi connectivity index (χ1) is 5.14. The third kappa shape index (κ3) is 2.82. The average molecular weight is 155 g/mol. The van der Waals surface area contributed by atoms with E-state index in [9.17, 15) is 0 Å². The minimum Gasteiger partial charge on any atom is -0.330 e. The maximum absolute atomic E-state index is 5.53. The van der Waals surface area contributed by atoms with Gasteiger partial charge in [0, 0.05) is 0 Å². The Morgan fingerprint density at radius 1 is 1.27 bits per heavy atom. The van der Waals surface area contributed by atoms with Crippen LogP contribution in [0.2, 0.25) is 0 Å². The molecule has 1 rings (SSSR count). The molecule has 11 heavy (non-hydrogen) atoms. The molecule has 1 saturated carbocycles. The zero-order valence-corrected chi connectivity index (χ0v) is 7.90. The molecular weight excluding hydrogens is 134 g/mol. The fourth-order valence-electron chi connectivity index (χ4n) is 1.98. The van der Waals surface area contributed by atoms with E-state index in [0.29, 0.717) is 5.41 Å². The minimum atomic E-state index is 0.616. The van der Waals surface area contributed by atoms with Gasteiger partial charge in [0.25, 0.3) is 0 Å².